The minimum atomic E-state index is -0.408. The average Bonchev–Trinajstić information content (AvgIpc) is 3.32. The molecule has 0 spiro atoms. The number of carbonyl (C=O) groups excluding carboxylic acids is 1. The van der Waals surface area contributed by atoms with E-state index in [1.807, 2.05) is 13.0 Å². The Morgan fingerprint density at radius 2 is 2.15 bits per heavy atom. The van der Waals surface area contributed by atoms with Crippen molar-refractivity contribution < 1.29 is 13.9 Å². The monoisotopic (exact) mass is 369 g/mol. The SMILES string of the molecule is CCOC(=O)c1cc(-c2nnc3sc(-c4ccco4)nn23)c(C)nc1C. The number of pyridine rings is 1. The summed E-state index contributed by atoms with van der Waals surface area (Å²) in [6.45, 7) is 5.71. The molecule has 9 heteroatoms. The van der Waals surface area contributed by atoms with E-state index >= 15 is 0 Å². The van der Waals surface area contributed by atoms with Crippen molar-refractivity contribution >= 4 is 22.3 Å². The number of fused-ring (bicyclic) bond motifs is 1. The molecule has 0 unspecified atom stereocenters. The third kappa shape index (κ3) is 2.66. The number of aromatic nitrogens is 5. The maximum Gasteiger partial charge on any atom is 0.339 e. The topological polar surface area (TPSA) is 95.4 Å². The second-order valence-electron chi connectivity index (χ2n) is 5.58. The van der Waals surface area contributed by atoms with Gasteiger partial charge < -0.3 is 9.15 Å². The van der Waals surface area contributed by atoms with E-state index in [9.17, 15) is 4.79 Å². The summed E-state index contributed by atoms with van der Waals surface area (Å²) in [6, 6.07) is 5.37. The van der Waals surface area contributed by atoms with Crippen molar-refractivity contribution in [1.82, 2.24) is 24.8 Å². The van der Waals surface area contributed by atoms with Gasteiger partial charge in [-0.15, -0.1) is 15.3 Å². The van der Waals surface area contributed by atoms with Crippen LogP contribution in [0.5, 0.6) is 0 Å². The third-order valence-corrected chi connectivity index (χ3v) is 4.78. The molecule has 0 atom stereocenters. The van der Waals surface area contributed by atoms with Crippen molar-refractivity contribution in [1.29, 1.82) is 0 Å². The zero-order valence-electron chi connectivity index (χ0n) is 14.4. The average molecular weight is 369 g/mol. The summed E-state index contributed by atoms with van der Waals surface area (Å²) in [7, 11) is 0. The molecule has 8 nitrogen and oxygen atoms in total. The van der Waals surface area contributed by atoms with Gasteiger partial charge in [0, 0.05) is 11.3 Å². The van der Waals surface area contributed by atoms with Crippen LogP contribution < -0.4 is 0 Å². The number of hydrogen-bond acceptors (Lipinski definition) is 8. The van der Waals surface area contributed by atoms with Gasteiger partial charge in [-0.25, -0.2) is 4.79 Å². The minimum Gasteiger partial charge on any atom is -0.462 e. The lowest BCUT2D eigenvalue weighted by atomic mass is 10.1. The zero-order valence-corrected chi connectivity index (χ0v) is 15.2. The lowest BCUT2D eigenvalue weighted by Crippen LogP contribution is -2.09. The van der Waals surface area contributed by atoms with Crippen LogP contribution in [-0.4, -0.2) is 37.4 Å². The van der Waals surface area contributed by atoms with E-state index in [0.29, 0.717) is 45.0 Å². The highest BCUT2D eigenvalue weighted by atomic mass is 32.1. The van der Waals surface area contributed by atoms with Crippen LogP contribution in [0, 0.1) is 13.8 Å². The molecule has 0 aliphatic heterocycles. The Labute approximate surface area is 152 Å². The van der Waals surface area contributed by atoms with E-state index in [2.05, 4.69) is 20.3 Å². The fourth-order valence-corrected chi connectivity index (χ4v) is 3.46. The number of rotatable bonds is 4. The lowest BCUT2D eigenvalue weighted by Gasteiger charge is -2.09. The van der Waals surface area contributed by atoms with E-state index in [-0.39, 0.29) is 0 Å². The number of esters is 1. The van der Waals surface area contributed by atoms with Gasteiger partial charge in [0.1, 0.15) is 0 Å². The van der Waals surface area contributed by atoms with Crippen LogP contribution in [0.1, 0.15) is 28.7 Å². The Morgan fingerprint density at radius 3 is 2.88 bits per heavy atom. The number of hydrogen-bond donors (Lipinski definition) is 0. The van der Waals surface area contributed by atoms with Gasteiger partial charge in [-0.05, 0) is 39.0 Å². The highest BCUT2D eigenvalue weighted by molar-refractivity contribution is 7.19. The summed E-state index contributed by atoms with van der Waals surface area (Å²) in [6.07, 6.45) is 1.60. The highest BCUT2D eigenvalue weighted by Gasteiger charge is 2.21. The molecule has 0 bridgehead atoms. The van der Waals surface area contributed by atoms with Gasteiger partial charge in [0.15, 0.2) is 16.6 Å². The van der Waals surface area contributed by atoms with Crippen molar-refractivity contribution in [3.63, 3.8) is 0 Å². The molecular formula is C17H15N5O3S. The molecule has 26 heavy (non-hydrogen) atoms. The van der Waals surface area contributed by atoms with Crippen LogP contribution in [0.4, 0.5) is 0 Å². The first kappa shape index (κ1) is 16.4. The maximum absolute atomic E-state index is 12.2. The predicted molar refractivity (Wildman–Crippen MR) is 95.0 cm³/mol. The van der Waals surface area contributed by atoms with Crippen LogP contribution in [0.15, 0.2) is 28.9 Å². The fourth-order valence-electron chi connectivity index (χ4n) is 2.65. The smallest absolute Gasteiger partial charge is 0.339 e. The summed E-state index contributed by atoms with van der Waals surface area (Å²) in [4.78, 5) is 17.3. The number of carbonyl (C=O) groups is 1. The quantitative estimate of drug-likeness (QED) is 0.509. The first-order chi connectivity index (χ1) is 12.6. The van der Waals surface area contributed by atoms with Gasteiger partial charge in [0.2, 0.25) is 4.96 Å². The molecule has 4 aromatic rings. The Kier molecular flexibility index (Phi) is 4.00. The molecule has 4 aromatic heterocycles. The van der Waals surface area contributed by atoms with Crippen molar-refractivity contribution in [2.24, 2.45) is 0 Å². The summed E-state index contributed by atoms with van der Waals surface area (Å²) < 4.78 is 12.1. The van der Waals surface area contributed by atoms with E-state index in [0.717, 1.165) is 5.69 Å². The van der Waals surface area contributed by atoms with Crippen molar-refractivity contribution in [2.75, 3.05) is 6.61 Å². The molecule has 0 saturated heterocycles. The van der Waals surface area contributed by atoms with E-state index in [1.54, 1.807) is 36.8 Å². The molecule has 0 radical (unpaired) electrons. The van der Waals surface area contributed by atoms with Gasteiger partial charge in [-0.3, -0.25) is 4.98 Å². The molecule has 0 saturated carbocycles. The second kappa shape index (κ2) is 6.34. The molecule has 4 heterocycles. The molecule has 0 fully saturated rings. The number of ether oxygens (including phenoxy) is 1. The Balaban J connectivity index is 1.84. The zero-order chi connectivity index (χ0) is 18.3. The van der Waals surface area contributed by atoms with E-state index < -0.39 is 5.97 Å². The normalized spacial score (nSPS) is 11.2. The largest absolute Gasteiger partial charge is 0.462 e. The molecule has 0 aromatic carbocycles. The van der Waals surface area contributed by atoms with E-state index in [1.165, 1.54) is 11.3 Å². The van der Waals surface area contributed by atoms with Crippen LogP contribution in [0.2, 0.25) is 0 Å². The number of aryl methyl sites for hydroxylation is 2. The minimum absolute atomic E-state index is 0.301. The Bertz CT molecular complexity index is 1100. The predicted octanol–water partition coefficient (Wildman–Crippen LogP) is 3.30. The molecule has 132 valence electrons. The Hall–Kier alpha value is -3.07. The summed E-state index contributed by atoms with van der Waals surface area (Å²) >= 11 is 1.37. The van der Waals surface area contributed by atoms with Crippen LogP contribution in [0.25, 0.3) is 27.1 Å². The summed E-state index contributed by atoms with van der Waals surface area (Å²) in [5.41, 5.74) is 2.44. The standard InChI is InChI=1S/C17H15N5O3S/c1-4-24-16(23)12-8-11(9(2)18-10(12)3)14-19-20-17-22(14)21-15(26-17)13-6-5-7-25-13/h5-8H,4H2,1-3H3. The van der Waals surface area contributed by atoms with E-state index in [4.69, 9.17) is 9.15 Å². The second-order valence-corrected chi connectivity index (χ2v) is 6.53. The molecule has 0 N–H and O–H groups in total. The van der Waals surface area contributed by atoms with Crippen molar-refractivity contribution in [3.8, 4) is 22.2 Å². The summed E-state index contributed by atoms with van der Waals surface area (Å²) in [5.74, 6) is 0.774. The summed E-state index contributed by atoms with van der Waals surface area (Å²) in [5, 5.41) is 13.6. The van der Waals surface area contributed by atoms with Crippen molar-refractivity contribution in [2.45, 2.75) is 20.8 Å². The highest BCUT2D eigenvalue weighted by Crippen LogP contribution is 2.29. The van der Waals surface area contributed by atoms with Crippen molar-refractivity contribution in [3.05, 3.63) is 41.4 Å². The number of nitrogens with zero attached hydrogens (tertiary/aromatic N) is 5. The Morgan fingerprint density at radius 1 is 1.31 bits per heavy atom. The molecular weight excluding hydrogens is 354 g/mol. The first-order valence-electron chi connectivity index (χ1n) is 8.00. The third-order valence-electron chi connectivity index (χ3n) is 3.86. The van der Waals surface area contributed by atoms with Gasteiger partial charge in [0.05, 0.1) is 24.1 Å². The van der Waals surface area contributed by atoms with Crippen LogP contribution in [0.3, 0.4) is 0 Å². The lowest BCUT2D eigenvalue weighted by molar-refractivity contribution is 0.0525. The molecule has 0 amide bonds. The van der Waals surface area contributed by atoms with Gasteiger partial charge in [-0.2, -0.15) is 4.52 Å². The van der Waals surface area contributed by atoms with Crippen LogP contribution >= 0.6 is 11.3 Å². The maximum atomic E-state index is 12.2. The molecule has 4 rings (SSSR count). The van der Waals surface area contributed by atoms with Gasteiger partial charge in [0.25, 0.3) is 0 Å². The number of furan rings is 1. The first-order valence-corrected chi connectivity index (χ1v) is 8.82. The molecule has 0 aliphatic carbocycles. The van der Waals surface area contributed by atoms with Gasteiger partial charge in [-0.1, -0.05) is 11.3 Å². The van der Waals surface area contributed by atoms with Gasteiger partial charge >= 0.3 is 5.97 Å². The fraction of sp³-hybridized carbons (Fsp3) is 0.235. The molecule has 0 aliphatic rings. The van der Waals surface area contributed by atoms with Crippen LogP contribution in [-0.2, 0) is 4.74 Å².